The minimum Gasteiger partial charge on any atom is -0.378 e. The van der Waals surface area contributed by atoms with Crippen LogP contribution in [0.5, 0.6) is 0 Å². The van der Waals surface area contributed by atoms with Crippen molar-refractivity contribution < 1.29 is 14.3 Å². The quantitative estimate of drug-likeness (QED) is 0.444. The maximum atomic E-state index is 12.9. The number of benzene rings is 1. The van der Waals surface area contributed by atoms with Gasteiger partial charge in [-0.3, -0.25) is 9.36 Å². The van der Waals surface area contributed by atoms with Crippen LogP contribution in [0.15, 0.2) is 33.9 Å². The molecule has 4 rings (SSSR count). The zero-order valence-electron chi connectivity index (χ0n) is 16.4. The van der Waals surface area contributed by atoms with E-state index in [4.69, 9.17) is 9.47 Å². The normalized spacial score (nSPS) is 20.8. The summed E-state index contributed by atoms with van der Waals surface area (Å²) < 4.78 is 14.4. The molecule has 1 aromatic heterocycles. The fourth-order valence-corrected chi connectivity index (χ4v) is 4.77. The standard InChI is InChI=1S/C20H25BrN4O3S/c1-14(18(26)15-4-6-16(21)7-5-15)29-20-23-22-19(24-8-11-27-12-9-24)25(20)13-17-3-2-10-28-17/h4-7,14,17H,2-3,8-13H2,1H3/t14-,17+/m1/s1. The summed E-state index contributed by atoms with van der Waals surface area (Å²) in [6.07, 6.45) is 2.29. The lowest BCUT2D eigenvalue weighted by molar-refractivity contribution is 0.0942. The average Bonchev–Trinajstić information content (AvgIpc) is 3.39. The highest BCUT2D eigenvalue weighted by Crippen LogP contribution is 2.29. The van der Waals surface area contributed by atoms with Crippen LogP contribution in [0.4, 0.5) is 5.95 Å². The van der Waals surface area contributed by atoms with Crippen molar-refractivity contribution in [3.8, 4) is 0 Å². The molecule has 2 saturated heterocycles. The summed E-state index contributed by atoms with van der Waals surface area (Å²) in [5.41, 5.74) is 0.701. The predicted molar refractivity (Wildman–Crippen MR) is 116 cm³/mol. The Morgan fingerprint density at radius 2 is 2.00 bits per heavy atom. The number of hydrogen-bond donors (Lipinski definition) is 0. The number of Topliss-reactive ketones (excluding diaryl/α,β-unsaturated/α-hetero) is 1. The van der Waals surface area contributed by atoms with Gasteiger partial charge in [-0.2, -0.15) is 0 Å². The molecule has 0 unspecified atom stereocenters. The van der Waals surface area contributed by atoms with Crippen molar-refractivity contribution in [3.63, 3.8) is 0 Å². The number of halogens is 1. The van der Waals surface area contributed by atoms with E-state index in [1.807, 2.05) is 31.2 Å². The van der Waals surface area contributed by atoms with Crippen LogP contribution in [0, 0.1) is 0 Å². The van der Waals surface area contributed by atoms with Gasteiger partial charge in [0.25, 0.3) is 0 Å². The number of anilines is 1. The van der Waals surface area contributed by atoms with E-state index in [1.54, 1.807) is 0 Å². The highest BCUT2D eigenvalue weighted by atomic mass is 79.9. The van der Waals surface area contributed by atoms with E-state index in [2.05, 4.69) is 35.6 Å². The summed E-state index contributed by atoms with van der Waals surface area (Å²) >= 11 is 4.87. The molecule has 0 radical (unpaired) electrons. The van der Waals surface area contributed by atoms with E-state index < -0.39 is 0 Å². The Labute approximate surface area is 183 Å². The molecule has 2 fully saturated rings. The van der Waals surface area contributed by atoms with E-state index in [0.29, 0.717) is 25.3 Å². The summed E-state index contributed by atoms with van der Waals surface area (Å²) in [6.45, 7) is 6.40. The fourth-order valence-electron chi connectivity index (χ4n) is 3.58. The van der Waals surface area contributed by atoms with Gasteiger partial charge in [0.05, 0.1) is 31.1 Å². The van der Waals surface area contributed by atoms with Crippen molar-refractivity contribution in [1.29, 1.82) is 0 Å². The first kappa shape index (κ1) is 20.8. The summed E-state index contributed by atoms with van der Waals surface area (Å²) in [5, 5.41) is 9.41. The Hall–Kier alpha value is -1.42. The van der Waals surface area contributed by atoms with E-state index in [0.717, 1.165) is 48.1 Å². The number of thioether (sulfide) groups is 1. The SMILES string of the molecule is C[C@@H](Sc1nnc(N2CCOCC2)n1C[C@@H]1CCCO1)C(=O)c1ccc(Br)cc1. The van der Waals surface area contributed by atoms with Gasteiger partial charge >= 0.3 is 0 Å². The summed E-state index contributed by atoms with van der Waals surface area (Å²) in [7, 11) is 0. The Bertz CT molecular complexity index is 833. The number of rotatable bonds is 7. The lowest BCUT2D eigenvalue weighted by Crippen LogP contribution is -2.38. The van der Waals surface area contributed by atoms with Crippen molar-refractivity contribution in [2.45, 2.75) is 42.8 Å². The Morgan fingerprint density at radius 3 is 2.69 bits per heavy atom. The lowest BCUT2D eigenvalue weighted by atomic mass is 10.1. The van der Waals surface area contributed by atoms with Gasteiger partial charge < -0.3 is 14.4 Å². The van der Waals surface area contributed by atoms with Crippen LogP contribution in [0.2, 0.25) is 0 Å². The smallest absolute Gasteiger partial charge is 0.228 e. The zero-order chi connectivity index (χ0) is 20.2. The van der Waals surface area contributed by atoms with Crippen LogP contribution < -0.4 is 4.90 Å². The third kappa shape index (κ3) is 5.02. The minimum atomic E-state index is -0.263. The molecule has 0 aliphatic carbocycles. The van der Waals surface area contributed by atoms with Gasteiger partial charge in [0.15, 0.2) is 10.9 Å². The second-order valence-electron chi connectivity index (χ2n) is 7.26. The fraction of sp³-hybridized carbons (Fsp3) is 0.550. The van der Waals surface area contributed by atoms with Crippen molar-refractivity contribution in [2.75, 3.05) is 37.8 Å². The molecule has 9 heteroatoms. The molecule has 0 bridgehead atoms. The number of nitrogens with zero attached hydrogens (tertiary/aromatic N) is 4. The molecule has 2 aromatic rings. The average molecular weight is 481 g/mol. The first-order valence-corrected chi connectivity index (χ1v) is 11.6. The Balaban J connectivity index is 1.54. The number of ketones is 1. The second-order valence-corrected chi connectivity index (χ2v) is 9.48. The largest absolute Gasteiger partial charge is 0.378 e. The molecule has 0 N–H and O–H groups in total. The van der Waals surface area contributed by atoms with Crippen LogP contribution in [0.25, 0.3) is 0 Å². The highest BCUT2D eigenvalue weighted by Gasteiger charge is 2.27. The molecule has 0 saturated carbocycles. The van der Waals surface area contributed by atoms with E-state index in [1.165, 1.54) is 11.8 Å². The van der Waals surface area contributed by atoms with Crippen LogP contribution in [0.1, 0.15) is 30.1 Å². The van der Waals surface area contributed by atoms with E-state index >= 15 is 0 Å². The van der Waals surface area contributed by atoms with Gasteiger partial charge in [-0.25, -0.2) is 0 Å². The molecular formula is C20H25BrN4O3S. The molecular weight excluding hydrogens is 456 g/mol. The first-order chi connectivity index (χ1) is 14.1. The van der Waals surface area contributed by atoms with Crippen molar-refractivity contribution in [3.05, 3.63) is 34.3 Å². The van der Waals surface area contributed by atoms with Gasteiger partial charge in [-0.1, -0.05) is 39.8 Å². The number of carbonyl (C=O) groups is 1. The molecule has 0 amide bonds. The van der Waals surface area contributed by atoms with Crippen molar-refractivity contribution >= 4 is 39.4 Å². The Kier molecular flexibility index (Phi) is 6.89. The lowest BCUT2D eigenvalue weighted by Gasteiger charge is -2.28. The molecule has 156 valence electrons. The number of aromatic nitrogens is 3. The summed E-state index contributed by atoms with van der Waals surface area (Å²) in [5.74, 6) is 0.927. The molecule has 1 aromatic carbocycles. The maximum absolute atomic E-state index is 12.9. The molecule has 29 heavy (non-hydrogen) atoms. The summed E-state index contributed by atoms with van der Waals surface area (Å²) in [4.78, 5) is 15.1. The van der Waals surface area contributed by atoms with Gasteiger partial charge in [-0.15, -0.1) is 10.2 Å². The third-order valence-corrected chi connectivity index (χ3v) is 6.79. The Morgan fingerprint density at radius 1 is 1.24 bits per heavy atom. The molecule has 0 spiro atoms. The minimum absolute atomic E-state index is 0.0853. The van der Waals surface area contributed by atoms with Gasteiger partial charge in [0, 0.05) is 29.7 Å². The third-order valence-electron chi connectivity index (χ3n) is 5.18. The number of carbonyl (C=O) groups excluding carboxylic acids is 1. The van der Waals surface area contributed by atoms with Crippen LogP contribution in [0.3, 0.4) is 0 Å². The van der Waals surface area contributed by atoms with Gasteiger partial charge in [0.2, 0.25) is 5.95 Å². The van der Waals surface area contributed by atoms with Crippen LogP contribution in [-0.2, 0) is 16.0 Å². The number of hydrogen-bond acceptors (Lipinski definition) is 7. The topological polar surface area (TPSA) is 69.5 Å². The zero-order valence-corrected chi connectivity index (χ0v) is 18.8. The predicted octanol–water partition coefficient (Wildman–Crippen LogP) is 3.42. The van der Waals surface area contributed by atoms with E-state index in [9.17, 15) is 4.79 Å². The highest BCUT2D eigenvalue weighted by molar-refractivity contribution is 9.10. The maximum Gasteiger partial charge on any atom is 0.228 e. The molecule has 2 atom stereocenters. The molecule has 2 aliphatic rings. The van der Waals surface area contributed by atoms with Crippen LogP contribution in [-0.4, -0.2) is 64.8 Å². The monoisotopic (exact) mass is 480 g/mol. The molecule has 2 aliphatic heterocycles. The van der Waals surface area contributed by atoms with Crippen molar-refractivity contribution in [1.82, 2.24) is 14.8 Å². The van der Waals surface area contributed by atoms with Gasteiger partial charge in [-0.05, 0) is 31.9 Å². The molecule has 7 nitrogen and oxygen atoms in total. The second kappa shape index (κ2) is 9.59. The van der Waals surface area contributed by atoms with Crippen molar-refractivity contribution in [2.24, 2.45) is 0 Å². The van der Waals surface area contributed by atoms with Crippen LogP contribution >= 0.6 is 27.7 Å². The number of ether oxygens (including phenoxy) is 2. The molecule has 3 heterocycles. The van der Waals surface area contributed by atoms with Gasteiger partial charge in [0.1, 0.15) is 0 Å². The summed E-state index contributed by atoms with van der Waals surface area (Å²) in [6, 6.07) is 7.47. The number of morpholine rings is 1. The van der Waals surface area contributed by atoms with E-state index in [-0.39, 0.29) is 17.1 Å². The first-order valence-electron chi connectivity index (χ1n) is 9.96.